The summed E-state index contributed by atoms with van der Waals surface area (Å²) in [7, 11) is 0. The van der Waals surface area contributed by atoms with E-state index in [1.807, 2.05) is 0 Å². The molecule has 19 heavy (non-hydrogen) atoms. The van der Waals surface area contributed by atoms with Crippen LogP contribution < -0.4 is 5.73 Å². The molecule has 1 aromatic heterocycles. The van der Waals surface area contributed by atoms with Gasteiger partial charge >= 0.3 is 6.18 Å². The zero-order chi connectivity index (χ0) is 13.3. The first-order valence-electron chi connectivity index (χ1n) is 5.26. The summed E-state index contributed by atoms with van der Waals surface area (Å²) < 4.78 is 37.6. The summed E-state index contributed by atoms with van der Waals surface area (Å²) in [6, 6.07) is 4.09. The third kappa shape index (κ3) is 3.24. The van der Waals surface area contributed by atoms with Crippen LogP contribution in [0.15, 0.2) is 37.0 Å². The molecule has 2 rings (SSSR count). The van der Waals surface area contributed by atoms with Crippen LogP contribution in [0, 0.1) is 0 Å². The van der Waals surface area contributed by atoms with Crippen LogP contribution in [0.25, 0.3) is 16.8 Å². The molecule has 0 fully saturated rings. The van der Waals surface area contributed by atoms with Gasteiger partial charge in [-0.2, -0.15) is 13.2 Å². The molecule has 2 nitrogen and oxygen atoms in total. The molecule has 0 saturated carbocycles. The Labute approximate surface area is 114 Å². The lowest BCUT2D eigenvalue weighted by molar-refractivity contribution is -0.149. The summed E-state index contributed by atoms with van der Waals surface area (Å²) in [5.41, 5.74) is 5.82. The second-order valence-corrected chi connectivity index (χ2v) is 3.94. The molecule has 0 spiro atoms. The summed E-state index contributed by atoms with van der Waals surface area (Å²) in [6.45, 7) is 3.57. The maximum absolute atomic E-state index is 12.5. The highest BCUT2D eigenvalue weighted by Gasteiger charge is 2.37. The second kappa shape index (κ2) is 5.59. The summed E-state index contributed by atoms with van der Waals surface area (Å²) in [5, 5.41) is 1.43. The summed E-state index contributed by atoms with van der Waals surface area (Å²) in [5.74, 6) is 0. The van der Waals surface area contributed by atoms with Crippen LogP contribution in [0.2, 0.25) is 0 Å². The molecule has 0 aliphatic carbocycles. The Kier molecular flexibility index (Phi) is 4.55. The number of hydrogen-bond donors (Lipinski definition) is 1. The van der Waals surface area contributed by atoms with E-state index in [1.165, 1.54) is 18.2 Å². The van der Waals surface area contributed by atoms with Crippen molar-refractivity contribution in [2.45, 2.75) is 12.2 Å². The van der Waals surface area contributed by atoms with Crippen molar-refractivity contribution in [2.75, 3.05) is 0 Å². The number of rotatable bonds is 2. The molecule has 0 aliphatic heterocycles. The lowest BCUT2D eigenvalue weighted by Crippen LogP contribution is -2.28. The van der Waals surface area contributed by atoms with Crippen LogP contribution in [-0.2, 0) is 0 Å². The average Bonchev–Trinajstić information content (AvgIpc) is 2.35. The molecule has 0 saturated heterocycles. The Hall–Kier alpha value is -1.59. The van der Waals surface area contributed by atoms with E-state index in [4.69, 9.17) is 5.73 Å². The minimum Gasteiger partial charge on any atom is -0.316 e. The molecule has 6 heteroatoms. The summed E-state index contributed by atoms with van der Waals surface area (Å²) in [6.07, 6.45) is -1.31. The van der Waals surface area contributed by atoms with E-state index in [-0.39, 0.29) is 18.0 Å². The SMILES string of the molecule is C=Cc1cc2cc([C@H](N)C(F)(F)F)ccc2cn1.Cl. The van der Waals surface area contributed by atoms with Crippen LogP contribution in [0.4, 0.5) is 13.2 Å². The van der Waals surface area contributed by atoms with Crippen molar-refractivity contribution in [2.24, 2.45) is 5.73 Å². The number of halogens is 4. The molecule has 1 heterocycles. The van der Waals surface area contributed by atoms with Crippen molar-refractivity contribution in [1.29, 1.82) is 0 Å². The molecular formula is C13H12ClF3N2. The van der Waals surface area contributed by atoms with Gasteiger partial charge in [-0.15, -0.1) is 12.4 Å². The van der Waals surface area contributed by atoms with Crippen molar-refractivity contribution >= 4 is 29.3 Å². The standard InChI is InChI=1S/C13H11F3N2.ClH/c1-2-11-6-10-5-8(12(17)13(14,15)16)3-4-9(10)7-18-11;/h2-7,12H,1,17H2;1H/t12-;/m0./s1. The largest absolute Gasteiger partial charge is 0.407 e. The number of fused-ring (bicyclic) bond motifs is 1. The Bertz CT molecular complexity index is 596. The van der Waals surface area contributed by atoms with Crippen LogP contribution in [0.1, 0.15) is 17.3 Å². The number of aromatic nitrogens is 1. The fraction of sp³-hybridized carbons (Fsp3) is 0.154. The summed E-state index contributed by atoms with van der Waals surface area (Å²) >= 11 is 0. The Morgan fingerprint density at radius 1 is 1.21 bits per heavy atom. The number of pyridine rings is 1. The molecule has 0 aliphatic rings. The van der Waals surface area contributed by atoms with Crippen LogP contribution in [0.3, 0.4) is 0 Å². The molecule has 2 N–H and O–H groups in total. The number of nitrogens with zero attached hydrogens (tertiary/aromatic N) is 1. The van der Waals surface area contributed by atoms with E-state index in [9.17, 15) is 13.2 Å². The molecule has 0 unspecified atom stereocenters. The lowest BCUT2D eigenvalue weighted by Gasteiger charge is -2.16. The van der Waals surface area contributed by atoms with Gasteiger partial charge in [-0.3, -0.25) is 4.98 Å². The van der Waals surface area contributed by atoms with Crippen molar-refractivity contribution < 1.29 is 13.2 Å². The average molecular weight is 289 g/mol. The molecular weight excluding hydrogens is 277 g/mol. The minimum absolute atomic E-state index is 0. The monoisotopic (exact) mass is 288 g/mol. The van der Waals surface area contributed by atoms with Gasteiger partial charge in [-0.1, -0.05) is 18.7 Å². The molecule has 0 amide bonds. The fourth-order valence-electron chi connectivity index (χ4n) is 1.67. The molecule has 2 aromatic rings. The van der Waals surface area contributed by atoms with Crippen LogP contribution in [0.5, 0.6) is 0 Å². The van der Waals surface area contributed by atoms with Gasteiger partial charge < -0.3 is 5.73 Å². The number of alkyl halides is 3. The van der Waals surface area contributed by atoms with Gasteiger partial charge in [0.15, 0.2) is 0 Å². The third-order valence-electron chi connectivity index (χ3n) is 2.69. The van der Waals surface area contributed by atoms with E-state index >= 15 is 0 Å². The highest BCUT2D eigenvalue weighted by atomic mass is 35.5. The molecule has 1 aromatic carbocycles. The first-order valence-corrected chi connectivity index (χ1v) is 5.26. The molecule has 0 bridgehead atoms. The predicted octanol–water partition coefficient (Wildman–Crippen LogP) is 3.86. The number of benzene rings is 1. The van der Waals surface area contributed by atoms with E-state index in [1.54, 1.807) is 18.3 Å². The van der Waals surface area contributed by atoms with Crippen molar-refractivity contribution in [3.05, 3.63) is 48.3 Å². The second-order valence-electron chi connectivity index (χ2n) is 3.94. The van der Waals surface area contributed by atoms with Gasteiger partial charge in [0.25, 0.3) is 0 Å². The first kappa shape index (κ1) is 15.5. The van der Waals surface area contributed by atoms with E-state index < -0.39 is 12.2 Å². The highest BCUT2D eigenvalue weighted by Crippen LogP contribution is 2.31. The molecule has 1 atom stereocenters. The summed E-state index contributed by atoms with van der Waals surface area (Å²) in [4.78, 5) is 4.08. The molecule has 102 valence electrons. The van der Waals surface area contributed by atoms with Gasteiger partial charge in [-0.25, -0.2) is 0 Å². The van der Waals surface area contributed by atoms with E-state index in [0.29, 0.717) is 11.1 Å². The lowest BCUT2D eigenvalue weighted by atomic mass is 10.0. The topological polar surface area (TPSA) is 38.9 Å². The zero-order valence-electron chi connectivity index (χ0n) is 9.82. The Morgan fingerprint density at radius 3 is 2.47 bits per heavy atom. The Balaban J connectivity index is 0.00000180. The van der Waals surface area contributed by atoms with Gasteiger partial charge in [0.05, 0.1) is 5.69 Å². The normalized spacial score (nSPS) is 12.8. The van der Waals surface area contributed by atoms with Gasteiger partial charge in [0, 0.05) is 11.6 Å². The smallest absolute Gasteiger partial charge is 0.316 e. The van der Waals surface area contributed by atoms with Crippen molar-refractivity contribution in [3.63, 3.8) is 0 Å². The first-order chi connectivity index (χ1) is 8.41. The fourth-order valence-corrected chi connectivity index (χ4v) is 1.67. The quantitative estimate of drug-likeness (QED) is 0.911. The third-order valence-corrected chi connectivity index (χ3v) is 2.69. The molecule has 0 radical (unpaired) electrons. The number of hydrogen-bond acceptors (Lipinski definition) is 2. The predicted molar refractivity (Wildman–Crippen MR) is 72.1 cm³/mol. The van der Waals surface area contributed by atoms with Gasteiger partial charge in [-0.05, 0) is 29.2 Å². The highest BCUT2D eigenvalue weighted by molar-refractivity contribution is 5.85. The van der Waals surface area contributed by atoms with Gasteiger partial charge in [0.1, 0.15) is 6.04 Å². The van der Waals surface area contributed by atoms with Gasteiger partial charge in [0.2, 0.25) is 0 Å². The van der Waals surface area contributed by atoms with Crippen molar-refractivity contribution in [3.8, 4) is 0 Å². The van der Waals surface area contributed by atoms with Crippen molar-refractivity contribution in [1.82, 2.24) is 4.98 Å². The maximum atomic E-state index is 12.5. The zero-order valence-corrected chi connectivity index (χ0v) is 10.6. The van der Waals surface area contributed by atoms with E-state index in [0.717, 1.165) is 5.39 Å². The van der Waals surface area contributed by atoms with Crippen LogP contribution in [-0.4, -0.2) is 11.2 Å². The van der Waals surface area contributed by atoms with E-state index in [2.05, 4.69) is 11.6 Å². The maximum Gasteiger partial charge on any atom is 0.407 e. The van der Waals surface area contributed by atoms with Crippen LogP contribution >= 0.6 is 12.4 Å². The number of nitrogens with two attached hydrogens (primary N) is 1. The Morgan fingerprint density at radius 2 is 1.89 bits per heavy atom. The minimum atomic E-state index is -4.44.